The van der Waals surface area contributed by atoms with Crippen LogP contribution in [-0.2, 0) is 6.54 Å². The molecule has 2 rings (SSSR count). The summed E-state index contributed by atoms with van der Waals surface area (Å²) in [5, 5.41) is 8.98. The van der Waals surface area contributed by atoms with Crippen LogP contribution in [0, 0.1) is 5.92 Å². The Hall–Kier alpha value is -0.190. The Balaban J connectivity index is 1.87. The van der Waals surface area contributed by atoms with Crippen molar-refractivity contribution < 1.29 is 0 Å². The minimum Gasteiger partial charge on any atom is -0.294 e. The van der Waals surface area contributed by atoms with Gasteiger partial charge in [0.2, 0.25) is 4.47 Å². The molecule has 1 aliphatic rings. The van der Waals surface area contributed by atoms with E-state index < -0.39 is 0 Å². The standard InChI is InChI=1S/C11H18ClN3S/c1-8(2)5-6-15(9-3-4-9)7-10-13-14-11(12)16-10/h8-9H,3-7H2,1-2H3. The largest absolute Gasteiger partial charge is 0.294 e. The van der Waals surface area contributed by atoms with Gasteiger partial charge in [0.05, 0.1) is 6.54 Å². The number of hydrogen-bond donors (Lipinski definition) is 0. The molecule has 0 radical (unpaired) electrons. The topological polar surface area (TPSA) is 29.0 Å². The lowest BCUT2D eigenvalue weighted by Crippen LogP contribution is -2.27. The summed E-state index contributed by atoms with van der Waals surface area (Å²) in [4.78, 5) is 2.52. The van der Waals surface area contributed by atoms with Gasteiger partial charge in [-0.3, -0.25) is 4.90 Å². The maximum Gasteiger partial charge on any atom is 0.207 e. The average Bonchev–Trinajstić information content (AvgIpc) is 2.98. The van der Waals surface area contributed by atoms with Crippen LogP contribution in [0.15, 0.2) is 0 Å². The highest BCUT2D eigenvalue weighted by atomic mass is 35.5. The van der Waals surface area contributed by atoms with E-state index in [0.29, 0.717) is 4.47 Å². The van der Waals surface area contributed by atoms with Gasteiger partial charge in [0.1, 0.15) is 5.01 Å². The second kappa shape index (κ2) is 5.43. The van der Waals surface area contributed by atoms with Crippen LogP contribution in [0.25, 0.3) is 0 Å². The SMILES string of the molecule is CC(C)CCN(Cc1nnc(Cl)s1)C1CC1. The summed E-state index contributed by atoms with van der Waals surface area (Å²) < 4.78 is 0.551. The molecule has 0 saturated heterocycles. The first-order valence-corrected chi connectivity index (χ1v) is 7.06. The maximum atomic E-state index is 5.79. The molecule has 5 heteroatoms. The number of nitrogens with zero attached hydrogens (tertiary/aromatic N) is 3. The summed E-state index contributed by atoms with van der Waals surface area (Å²) in [5.74, 6) is 0.763. The quantitative estimate of drug-likeness (QED) is 0.786. The maximum absolute atomic E-state index is 5.79. The van der Waals surface area contributed by atoms with E-state index in [0.717, 1.165) is 23.5 Å². The smallest absolute Gasteiger partial charge is 0.207 e. The van der Waals surface area contributed by atoms with Crippen molar-refractivity contribution in [3.63, 3.8) is 0 Å². The third kappa shape index (κ3) is 3.68. The van der Waals surface area contributed by atoms with Crippen LogP contribution in [0.3, 0.4) is 0 Å². The lowest BCUT2D eigenvalue weighted by Gasteiger charge is -2.21. The van der Waals surface area contributed by atoms with Gasteiger partial charge < -0.3 is 0 Å². The lowest BCUT2D eigenvalue weighted by atomic mass is 10.1. The van der Waals surface area contributed by atoms with Crippen molar-refractivity contribution in [1.29, 1.82) is 0 Å². The van der Waals surface area contributed by atoms with E-state index >= 15 is 0 Å². The molecule has 16 heavy (non-hydrogen) atoms. The third-order valence-corrected chi connectivity index (χ3v) is 3.84. The zero-order chi connectivity index (χ0) is 11.5. The van der Waals surface area contributed by atoms with Crippen molar-refractivity contribution in [3.8, 4) is 0 Å². The molecule has 1 saturated carbocycles. The Bertz CT molecular complexity index is 336. The second-order valence-corrected chi connectivity index (χ2v) is 6.48. The fraction of sp³-hybridized carbons (Fsp3) is 0.818. The Labute approximate surface area is 106 Å². The zero-order valence-corrected chi connectivity index (χ0v) is 11.4. The molecule has 1 aromatic rings. The Morgan fingerprint density at radius 3 is 2.69 bits per heavy atom. The van der Waals surface area contributed by atoms with E-state index in [1.165, 1.54) is 37.1 Å². The first-order valence-electron chi connectivity index (χ1n) is 5.87. The summed E-state index contributed by atoms with van der Waals surface area (Å²) in [6, 6.07) is 0.779. The molecule has 1 heterocycles. The highest BCUT2D eigenvalue weighted by Gasteiger charge is 2.29. The highest BCUT2D eigenvalue weighted by molar-refractivity contribution is 7.15. The lowest BCUT2D eigenvalue weighted by molar-refractivity contribution is 0.238. The molecule has 0 amide bonds. The van der Waals surface area contributed by atoms with Gasteiger partial charge in [0, 0.05) is 6.04 Å². The fourth-order valence-corrected chi connectivity index (χ4v) is 2.62. The van der Waals surface area contributed by atoms with Crippen LogP contribution in [0.4, 0.5) is 0 Å². The number of rotatable bonds is 6. The van der Waals surface area contributed by atoms with Crippen molar-refractivity contribution in [1.82, 2.24) is 15.1 Å². The molecule has 0 spiro atoms. The van der Waals surface area contributed by atoms with Gasteiger partial charge in [0.15, 0.2) is 0 Å². The van der Waals surface area contributed by atoms with Gasteiger partial charge in [-0.05, 0) is 43.3 Å². The van der Waals surface area contributed by atoms with Crippen LogP contribution in [0.1, 0.15) is 38.1 Å². The van der Waals surface area contributed by atoms with Gasteiger partial charge >= 0.3 is 0 Å². The Kier molecular flexibility index (Phi) is 4.16. The van der Waals surface area contributed by atoms with Crippen molar-refractivity contribution in [2.24, 2.45) is 5.92 Å². The molecule has 0 aliphatic heterocycles. The van der Waals surface area contributed by atoms with Gasteiger partial charge in [-0.15, -0.1) is 10.2 Å². The number of hydrogen-bond acceptors (Lipinski definition) is 4. The highest BCUT2D eigenvalue weighted by Crippen LogP contribution is 2.29. The monoisotopic (exact) mass is 259 g/mol. The molecule has 0 bridgehead atoms. The minimum atomic E-state index is 0.551. The molecule has 0 unspecified atom stereocenters. The first kappa shape index (κ1) is 12.3. The molecule has 1 fully saturated rings. The van der Waals surface area contributed by atoms with E-state index in [2.05, 4.69) is 28.9 Å². The van der Waals surface area contributed by atoms with Gasteiger partial charge in [-0.1, -0.05) is 25.2 Å². The van der Waals surface area contributed by atoms with Gasteiger partial charge in [0.25, 0.3) is 0 Å². The summed E-state index contributed by atoms with van der Waals surface area (Å²) >= 11 is 7.29. The Morgan fingerprint density at radius 2 is 2.19 bits per heavy atom. The molecule has 90 valence electrons. The van der Waals surface area contributed by atoms with Crippen molar-refractivity contribution >= 4 is 22.9 Å². The van der Waals surface area contributed by atoms with Crippen LogP contribution in [0.2, 0.25) is 4.47 Å². The van der Waals surface area contributed by atoms with Crippen molar-refractivity contribution in [2.45, 2.75) is 45.7 Å². The van der Waals surface area contributed by atoms with Gasteiger partial charge in [-0.25, -0.2) is 0 Å². The molecular formula is C11H18ClN3S. The van der Waals surface area contributed by atoms with Crippen molar-refractivity contribution in [3.05, 3.63) is 9.47 Å². The zero-order valence-electron chi connectivity index (χ0n) is 9.82. The van der Waals surface area contributed by atoms with Crippen LogP contribution in [-0.4, -0.2) is 27.7 Å². The van der Waals surface area contributed by atoms with Crippen LogP contribution in [0.5, 0.6) is 0 Å². The summed E-state index contributed by atoms with van der Waals surface area (Å²) in [7, 11) is 0. The Morgan fingerprint density at radius 1 is 1.44 bits per heavy atom. The molecular weight excluding hydrogens is 242 g/mol. The molecule has 0 atom stereocenters. The molecule has 0 aromatic carbocycles. The predicted molar refractivity (Wildman–Crippen MR) is 67.8 cm³/mol. The third-order valence-electron chi connectivity index (χ3n) is 2.84. The van der Waals surface area contributed by atoms with E-state index in [-0.39, 0.29) is 0 Å². The fourth-order valence-electron chi connectivity index (χ4n) is 1.73. The van der Waals surface area contributed by atoms with E-state index in [1.54, 1.807) is 0 Å². The summed E-state index contributed by atoms with van der Waals surface area (Å²) in [5.41, 5.74) is 0. The van der Waals surface area contributed by atoms with Crippen LogP contribution >= 0.6 is 22.9 Å². The average molecular weight is 260 g/mol. The number of halogens is 1. The van der Waals surface area contributed by atoms with E-state index in [4.69, 9.17) is 11.6 Å². The van der Waals surface area contributed by atoms with E-state index in [1.807, 2.05) is 0 Å². The molecule has 1 aromatic heterocycles. The molecule has 0 N–H and O–H groups in total. The predicted octanol–water partition coefficient (Wildman–Crippen LogP) is 3.20. The van der Waals surface area contributed by atoms with E-state index in [9.17, 15) is 0 Å². The number of aromatic nitrogens is 2. The summed E-state index contributed by atoms with van der Waals surface area (Å²) in [6.07, 6.45) is 3.93. The summed E-state index contributed by atoms with van der Waals surface area (Å²) in [6.45, 7) is 6.63. The van der Waals surface area contributed by atoms with Gasteiger partial charge in [-0.2, -0.15) is 0 Å². The van der Waals surface area contributed by atoms with Crippen molar-refractivity contribution in [2.75, 3.05) is 6.54 Å². The minimum absolute atomic E-state index is 0.551. The normalized spacial score (nSPS) is 16.3. The molecule has 1 aliphatic carbocycles. The molecule has 3 nitrogen and oxygen atoms in total. The van der Waals surface area contributed by atoms with Crippen LogP contribution < -0.4 is 0 Å². The second-order valence-electron chi connectivity index (χ2n) is 4.83. The first-order chi connectivity index (χ1) is 7.65.